The summed E-state index contributed by atoms with van der Waals surface area (Å²) in [6.45, 7) is 7.78. The summed E-state index contributed by atoms with van der Waals surface area (Å²) < 4.78 is 1.14. The highest BCUT2D eigenvalue weighted by atomic mass is 79.9. The maximum atomic E-state index is 3.56. The molecule has 1 rings (SSSR count). The van der Waals surface area contributed by atoms with E-state index >= 15 is 0 Å². The number of halogens is 2. The quantitative estimate of drug-likeness (QED) is 0.679. The highest BCUT2D eigenvalue weighted by Crippen LogP contribution is 2.28. The molecule has 0 aliphatic carbocycles. The first-order chi connectivity index (χ1) is 7.63. The van der Waals surface area contributed by atoms with Gasteiger partial charge in [-0.1, -0.05) is 38.8 Å². The molecule has 1 nitrogen and oxygen atoms in total. The molecule has 0 saturated carbocycles. The Kier molecular flexibility index (Phi) is 5.84. The molecule has 1 aromatic rings. The molecule has 0 fully saturated rings. The van der Waals surface area contributed by atoms with E-state index in [9.17, 15) is 0 Å². The standard InChI is InChI=1S/C13H19Br2N/c1-4-10(3)16(5-2)13-7-6-12(15)8-11(13)9-14/h6-8,10H,4-5,9H2,1-3H3. The third-order valence-corrected chi connectivity index (χ3v) is 4.06. The van der Waals surface area contributed by atoms with Crippen LogP contribution >= 0.6 is 31.9 Å². The van der Waals surface area contributed by atoms with Crippen molar-refractivity contribution in [3.63, 3.8) is 0 Å². The molecule has 0 aromatic heterocycles. The van der Waals surface area contributed by atoms with Crippen molar-refractivity contribution in [1.82, 2.24) is 0 Å². The van der Waals surface area contributed by atoms with Gasteiger partial charge >= 0.3 is 0 Å². The summed E-state index contributed by atoms with van der Waals surface area (Å²) in [6.07, 6.45) is 1.17. The molecular formula is C13H19Br2N. The molecule has 0 aliphatic heterocycles. The Balaban J connectivity index is 3.08. The van der Waals surface area contributed by atoms with E-state index in [1.165, 1.54) is 17.7 Å². The molecule has 1 atom stereocenters. The SMILES string of the molecule is CCC(C)N(CC)c1ccc(Br)cc1CBr. The van der Waals surface area contributed by atoms with Crippen molar-refractivity contribution >= 4 is 37.5 Å². The largest absolute Gasteiger partial charge is 0.369 e. The maximum absolute atomic E-state index is 3.56. The lowest BCUT2D eigenvalue weighted by Crippen LogP contribution is -2.32. The summed E-state index contributed by atoms with van der Waals surface area (Å²) >= 11 is 7.09. The Morgan fingerprint density at radius 1 is 1.31 bits per heavy atom. The third-order valence-electron chi connectivity index (χ3n) is 2.96. The van der Waals surface area contributed by atoms with Crippen LogP contribution in [0.15, 0.2) is 22.7 Å². The lowest BCUT2D eigenvalue weighted by Gasteiger charge is -2.31. The predicted molar refractivity (Wildman–Crippen MR) is 79.5 cm³/mol. The molecule has 1 aromatic carbocycles. The van der Waals surface area contributed by atoms with Crippen LogP contribution in [0.1, 0.15) is 32.8 Å². The first-order valence-corrected chi connectivity index (χ1v) is 7.66. The molecule has 16 heavy (non-hydrogen) atoms. The minimum Gasteiger partial charge on any atom is -0.369 e. The van der Waals surface area contributed by atoms with E-state index < -0.39 is 0 Å². The Hall–Kier alpha value is -0.0200. The van der Waals surface area contributed by atoms with Crippen LogP contribution in [0, 0.1) is 0 Å². The Bertz CT molecular complexity index is 339. The molecule has 0 saturated heterocycles. The van der Waals surface area contributed by atoms with Gasteiger partial charge in [0.2, 0.25) is 0 Å². The highest BCUT2D eigenvalue weighted by Gasteiger charge is 2.14. The van der Waals surface area contributed by atoms with Crippen LogP contribution in [0.5, 0.6) is 0 Å². The fraction of sp³-hybridized carbons (Fsp3) is 0.538. The van der Waals surface area contributed by atoms with Crippen molar-refractivity contribution in [2.24, 2.45) is 0 Å². The first kappa shape index (κ1) is 14.0. The molecule has 1 unspecified atom stereocenters. The van der Waals surface area contributed by atoms with Crippen LogP contribution < -0.4 is 4.90 Å². The molecule has 0 amide bonds. The van der Waals surface area contributed by atoms with Gasteiger partial charge in [0.05, 0.1) is 0 Å². The first-order valence-electron chi connectivity index (χ1n) is 5.75. The van der Waals surface area contributed by atoms with Crippen LogP contribution in [0.25, 0.3) is 0 Å². The second-order valence-corrected chi connectivity index (χ2v) is 5.43. The molecule has 0 radical (unpaired) electrons. The summed E-state index contributed by atoms with van der Waals surface area (Å²) in [5, 5.41) is 0.898. The van der Waals surface area contributed by atoms with Gasteiger partial charge < -0.3 is 4.90 Å². The zero-order valence-corrected chi connectivity index (χ0v) is 13.3. The smallest absolute Gasteiger partial charge is 0.0410 e. The van der Waals surface area contributed by atoms with Gasteiger partial charge in [-0.2, -0.15) is 0 Å². The Morgan fingerprint density at radius 3 is 2.50 bits per heavy atom. The Labute approximate surface area is 115 Å². The van der Waals surface area contributed by atoms with Gasteiger partial charge in [-0.3, -0.25) is 0 Å². The maximum Gasteiger partial charge on any atom is 0.0410 e. The molecule has 90 valence electrons. The molecular weight excluding hydrogens is 330 g/mol. The summed E-state index contributed by atoms with van der Waals surface area (Å²) in [4.78, 5) is 2.46. The Morgan fingerprint density at radius 2 is 2.00 bits per heavy atom. The highest BCUT2D eigenvalue weighted by molar-refractivity contribution is 9.10. The van der Waals surface area contributed by atoms with Crippen molar-refractivity contribution in [3.05, 3.63) is 28.2 Å². The van der Waals surface area contributed by atoms with E-state index in [4.69, 9.17) is 0 Å². The van der Waals surface area contributed by atoms with Crippen LogP contribution in [-0.4, -0.2) is 12.6 Å². The third kappa shape index (κ3) is 3.24. The second kappa shape index (κ2) is 6.65. The number of anilines is 1. The van der Waals surface area contributed by atoms with Crippen molar-refractivity contribution in [2.45, 2.75) is 38.6 Å². The molecule has 0 N–H and O–H groups in total. The lowest BCUT2D eigenvalue weighted by atomic mass is 10.1. The fourth-order valence-corrected chi connectivity index (χ4v) is 2.74. The monoisotopic (exact) mass is 347 g/mol. The number of rotatable bonds is 5. The fourth-order valence-electron chi connectivity index (χ4n) is 1.88. The van der Waals surface area contributed by atoms with E-state index in [0.717, 1.165) is 16.3 Å². The summed E-state index contributed by atoms with van der Waals surface area (Å²) in [6, 6.07) is 7.10. The van der Waals surface area contributed by atoms with Crippen molar-refractivity contribution < 1.29 is 0 Å². The van der Waals surface area contributed by atoms with Crippen molar-refractivity contribution in [2.75, 3.05) is 11.4 Å². The molecule has 0 bridgehead atoms. The van der Waals surface area contributed by atoms with Crippen LogP contribution in [0.3, 0.4) is 0 Å². The number of hydrogen-bond donors (Lipinski definition) is 0. The van der Waals surface area contributed by atoms with Gasteiger partial charge in [-0.15, -0.1) is 0 Å². The van der Waals surface area contributed by atoms with Crippen LogP contribution in [-0.2, 0) is 5.33 Å². The minimum absolute atomic E-state index is 0.587. The predicted octanol–water partition coefficient (Wildman–Crippen LogP) is 4.97. The topological polar surface area (TPSA) is 3.24 Å². The van der Waals surface area contributed by atoms with Gasteiger partial charge in [0.1, 0.15) is 0 Å². The average molecular weight is 349 g/mol. The number of benzene rings is 1. The van der Waals surface area contributed by atoms with Crippen LogP contribution in [0.4, 0.5) is 5.69 Å². The number of alkyl halides is 1. The van der Waals surface area contributed by atoms with Crippen molar-refractivity contribution in [1.29, 1.82) is 0 Å². The van der Waals surface area contributed by atoms with E-state index in [0.29, 0.717) is 6.04 Å². The zero-order valence-electron chi connectivity index (χ0n) is 10.1. The van der Waals surface area contributed by atoms with Gasteiger partial charge in [0.25, 0.3) is 0 Å². The average Bonchev–Trinajstić information content (AvgIpc) is 2.31. The van der Waals surface area contributed by atoms with Gasteiger partial charge in [0.15, 0.2) is 0 Å². The van der Waals surface area contributed by atoms with Crippen molar-refractivity contribution in [3.8, 4) is 0 Å². The van der Waals surface area contributed by atoms with Gasteiger partial charge in [-0.05, 0) is 44.0 Å². The zero-order chi connectivity index (χ0) is 12.1. The van der Waals surface area contributed by atoms with E-state index in [-0.39, 0.29) is 0 Å². The molecule has 0 spiro atoms. The summed E-state index contributed by atoms with van der Waals surface area (Å²) in [5.41, 5.74) is 2.69. The summed E-state index contributed by atoms with van der Waals surface area (Å²) in [7, 11) is 0. The number of nitrogens with zero attached hydrogens (tertiary/aromatic N) is 1. The van der Waals surface area contributed by atoms with Crippen LogP contribution in [0.2, 0.25) is 0 Å². The van der Waals surface area contributed by atoms with Gasteiger partial charge in [0, 0.05) is 28.1 Å². The molecule has 3 heteroatoms. The second-order valence-electron chi connectivity index (χ2n) is 3.95. The lowest BCUT2D eigenvalue weighted by molar-refractivity contribution is 0.628. The summed E-state index contributed by atoms with van der Waals surface area (Å²) in [5.74, 6) is 0. The van der Waals surface area contributed by atoms with E-state index in [1.807, 2.05) is 0 Å². The molecule has 0 aliphatic rings. The van der Waals surface area contributed by atoms with E-state index in [2.05, 4.69) is 75.7 Å². The minimum atomic E-state index is 0.587. The normalized spacial score (nSPS) is 12.6. The number of hydrogen-bond acceptors (Lipinski definition) is 1. The van der Waals surface area contributed by atoms with E-state index in [1.54, 1.807) is 0 Å². The molecule has 0 heterocycles. The van der Waals surface area contributed by atoms with Gasteiger partial charge in [-0.25, -0.2) is 0 Å².